The van der Waals surface area contributed by atoms with E-state index in [1.807, 2.05) is 6.07 Å². The van der Waals surface area contributed by atoms with Crippen LogP contribution in [-0.2, 0) is 11.3 Å². The smallest absolute Gasteiger partial charge is 0.267 e. The monoisotopic (exact) mass is 354 g/mol. The number of nitrogens with one attached hydrogen (secondary N) is 1. The molecule has 136 valence electrons. The fraction of sp³-hybridized carbons (Fsp3) is 0.389. The number of amides is 1. The van der Waals surface area contributed by atoms with Gasteiger partial charge in [-0.1, -0.05) is 0 Å². The maximum atomic E-state index is 12.2. The van der Waals surface area contributed by atoms with E-state index in [-0.39, 0.29) is 23.7 Å². The molecule has 2 heterocycles. The van der Waals surface area contributed by atoms with Crippen molar-refractivity contribution in [3.63, 3.8) is 0 Å². The third-order valence-corrected chi connectivity index (χ3v) is 3.94. The highest BCUT2D eigenvalue weighted by Gasteiger charge is 2.14. The molecule has 2 rings (SSSR count). The minimum absolute atomic E-state index is 0.144. The lowest BCUT2D eigenvalue weighted by Gasteiger charge is -2.27. The Morgan fingerprint density at radius 3 is 2.77 bits per heavy atom. The number of aliphatic imine (C=N–C) groups is 1. The van der Waals surface area contributed by atoms with Crippen LogP contribution in [0.1, 0.15) is 26.2 Å². The second-order valence-electron chi connectivity index (χ2n) is 5.95. The molecule has 0 saturated carbocycles. The van der Waals surface area contributed by atoms with Gasteiger partial charge >= 0.3 is 0 Å². The minimum atomic E-state index is -0.373. The summed E-state index contributed by atoms with van der Waals surface area (Å²) in [5.41, 5.74) is 0.336. The van der Waals surface area contributed by atoms with Crippen LogP contribution in [-0.4, -0.2) is 35.5 Å². The molecule has 0 aliphatic carbocycles. The van der Waals surface area contributed by atoms with Crippen molar-refractivity contribution in [2.24, 2.45) is 4.99 Å². The number of hydrogen-bond donors (Lipinski definition) is 1. The van der Waals surface area contributed by atoms with Crippen LogP contribution < -0.4 is 15.8 Å². The average Bonchev–Trinajstić information content (AvgIpc) is 2.65. The van der Waals surface area contributed by atoms with Gasteiger partial charge in [-0.05, 0) is 51.1 Å². The van der Waals surface area contributed by atoms with Crippen LogP contribution in [0.2, 0.25) is 0 Å². The summed E-state index contributed by atoms with van der Waals surface area (Å²) in [6.07, 6.45) is 6.40. The molecular weight excluding hydrogens is 332 g/mol. The predicted octanol–water partition coefficient (Wildman–Crippen LogP) is 1.36. The number of hydrogen-bond acceptors (Lipinski definition) is 6. The van der Waals surface area contributed by atoms with E-state index in [1.54, 1.807) is 19.1 Å². The quantitative estimate of drug-likeness (QED) is 0.472. The number of aromatic nitrogens is 2. The molecule has 0 bridgehead atoms. The third kappa shape index (κ3) is 5.41. The van der Waals surface area contributed by atoms with Gasteiger partial charge in [0.2, 0.25) is 5.91 Å². The lowest BCUT2D eigenvalue weighted by molar-refractivity contribution is -0.121. The summed E-state index contributed by atoms with van der Waals surface area (Å²) in [6, 6.07) is 4.99. The van der Waals surface area contributed by atoms with Crippen molar-refractivity contribution in [1.29, 1.82) is 5.26 Å². The van der Waals surface area contributed by atoms with Gasteiger partial charge in [-0.2, -0.15) is 10.4 Å². The molecule has 0 radical (unpaired) electrons. The zero-order valence-corrected chi connectivity index (χ0v) is 14.8. The van der Waals surface area contributed by atoms with Crippen molar-refractivity contribution in [3.8, 4) is 6.07 Å². The molecule has 1 fully saturated rings. The first-order valence-electron chi connectivity index (χ1n) is 8.42. The summed E-state index contributed by atoms with van der Waals surface area (Å²) >= 11 is 0. The molecule has 0 spiro atoms. The Bertz CT molecular complexity index is 825. The third-order valence-electron chi connectivity index (χ3n) is 3.94. The summed E-state index contributed by atoms with van der Waals surface area (Å²) in [6.45, 7) is 6.58. The van der Waals surface area contributed by atoms with E-state index in [0.717, 1.165) is 30.6 Å². The maximum Gasteiger partial charge on any atom is 0.267 e. The van der Waals surface area contributed by atoms with Crippen LogP contribution in [0.15, 0.2) is 45.5 Å². The Morgan fingerprint density at radius 1 is 1.38 bits per heavy atom. The highest BCUT2D eigenvalue weighted by Crippen LogP contribution is 2.15. The number of nitrogens with zero attached hydrogens (tertiary/aromatic N) is 5. The van der Waals surface area contributed by atoms with Gasteiger partial charge in [0, 0.05) is 24.9 Å². The summed E-state index contributed by atoms with van der Waals surface area (Å²) in [7, 11) is 0. The summed E-state index contributed by atoms with van der Waals surface area (Å²) in [5.74, 6) is 0.339. The Labute approximate surface area is 152 Å². The largest absolute Gasteiger partial charge is 0.355 e. The summed E-state index contributed by atoms with van der Waals surface area (Å²) in [5, 5.41) is 15.7. The average molecular weight is 354 g/mol. The maximum absolute atomic E-state index is 12.2. The highest BCUT2D eigenvalue weighted by molar-refractivity contribution is 5.77. The van der Waals surface area contributed by atoms with E-state index in [4.69, 9.17) is 5.26 Å². The van der Waals surface area contributed by atoms with Crippen molar-refractivity contribution in [3.05, 3.63) is 46.0 Å². The number of rotatable bonds is 6. The molecule has 0 atom stereocenters. The lowest BCUT2D eigenvalue weighted by atomic mass is 10.1. The molecule has 0 aromatic carbocycles. The SMILES string of the molecule is C=N/C(C#N)=C\C=C(/C)NC(=O)Cn1nc(N2CCCCC2)ccc1=O. The van der Waals surface area contributed by atoms with Crippen molar-refractivity contribution in [2.45, 2.75) is 32.7 Å². The van der Waals surface area contributed by atoms with Gasteiger partial charge < -0.3 is 10.2 Å². The van der Waals surface area contributed by atoms with Crippen LogP contribution in [0.4, 0.5) is 5.82 Å². The second-order valence-corrected chi connectivity index (χ2v) is 5.95. The first kappa shape index (κ1) is 19.1. The van der Waals surface area contributed by atoms with E-state index in [1.165, 1.54) is 18.6 Å². The highest BCUT2D eigenvalue weighted by atomic mass is 16.2. The van der Waals surface area contributed by atoms with Gasteiger partial charge in [-0.15, -0.1) is 0 Å². The normalized spacial score (nSPS) is 15.3. The van der Waals surface area contributed by atoms with E-state index >= 15 is 0 Å². The molecular formula is C18H22N6O2. The zero-order valence-electron chi connectivity index (χ0n) is 14.8. The van der Waals surface area contributed by atoms with Gasteiger partial charge in [0.1, 0.15) is 24.1 Å². The number of anilines is 1. The number of piperidine rings is 1. The first-order valence-corrected chi connectivity index (χ1v) is 8.42. The molecule has 1 saturated heterocycles. The molecule has 8 nitrogen and oxygen atoms in total. The Kier molecular flexibility index (Phi) is 6.85. The van der Waals surface area contributed by atoms with E-state index < -0.39 is 0 Å². The van der Waals surface area contributed by atoms with Gasteiger partial charge in [0.15, 0.2) is 0 Å². The molecule has 1 aliphatic rings. The van der Waals surface area contributed by atoms with Crippen LogP contribution in [0, 0.1) is 11.3 Å². The van der Waals surface area contributed by atoms with Crippen LogP contribution in [0.5, 0.6) is 0 Å². The zero-order chi connectivity index (χ0) is 18.9. The van der Waals surface area contributed by atoms with Crippen LogP contribution in [0.25, 0.3) is 0 Å². The van der Waals surface area contributed by atoms with Crippen molar-refractivity contribution >= 4 is 18.4 Å². The minimum Gasteiger partial charge on any atom is -0.355 e. The molecule has 8 heteroatoms. The summed E-state index contributed by atoms with van der Waals surface area (Å²) < 4.78 is 1.16. The molecule has 26 heavy (non-hydrogen) atoms. The van der Waals surface area contributed by atoms with E-state index in [9.17, 15) is 9.59 Å². The van der Waals surface area contributed by atoms with Crippen molar-refractivity contribution in [1.82, 2.24) is 15.1 Å². The van der Waals surface area contributed by atoms with Crippen LogP contribution >= 0.6 is 0 Å². The standard InChI is InChI=1S/C18H22N6O2/c1-14(6-7-15(12-19)20-2)21-17(25)13-24-18(26)9-8-16(22-24)23-10-4-3-5-11-23/h6-9H,2-5,10-11,13H2,1H3,(H,21,25)/b14-6+,15-7-. The van der Waals surface area contributed by atoms with E-state index in [0.29, 0.717) is 11.5 Å². The number of allylic oxidation sites excluding steroid dienone is 4. The second kappa shape index (κ2) is 9.32. The topological polar surface area (TPSA) is 103 Å². The Balaban J connectivity index is 2.05. The van der Waals surface area contributed by atoms with Crippen molar-refractivity contribution in [2.75, 3.05) is 18.0 Å². The van der Waals surface area contributed by atoms with Crippen LogP contribution in [0.3, 0.4) is 0 Å². The number of nitriles is 1. The molecule has 1 aromatic rings. The Morgan fingerprint density at radius 2 is 2.12 bits per heavy atom. The van der Waals surface area contributed by atoms with Gasteiger partial charge in [0.25, 0.3) is 5.56 Å². The molecule has 1 aliphatic heterocycles. The van der Waals surface area contributed by atoms with Crippen molar-refractivity contribution < 1.29 is 4.79 Å². The Hall–Kier alpha value is -3.21. The fourth-order valence-electron chi connectivity index (χ4n) is 2.61. The molecule has 1 aromatic heterocycles. The fourth-order valence-corrected chi connectivity index (χ4v) is 2.61. The lowest BCUT2D eigenvalue weighted by Crippen LogP contribution is -2.36. The molecule has 0 unspecified atom stereocenters. The molecule has 1 amide bonds. The van der Waals surface area contributed by atoms with Gasteiger partial charge in [0.05, 0.1) is 0 Å². The van der Waals surface area contributed by atoms with Gasteiger partial charge in [-0.25, -0.2) is 4.68 Å². The number of carbonyl (C=O) groups is 1. The van der Waals surface area contributed by atoms with Gasteiger partial charge in [-0.3, -0.25) is 14.6 Å². The summed E-state index contributed by atoms with van der Waals surface area (Å²) in [4.78, 5) is 29.8. The predicted molar refractivity (Wildman–Crippen MR) is 99.7 cm³/mol. The molecule has 1 N–H and O–H groups in total. The number of carbonyl (C=O) groups excluding carboxylic acids is 1. The van der Waals surface area contributed by atoms with E-state index in [2.05, 4.69) is 27.0 Å². The first-order chi connectivity index (χ1) is 12.5.